The summed E-state index contributed by atoms with van der Waals surface area (Å²) in [5.74, 6) is 0.343. The molecule has 0 spiro atoms. The predicted molar refractivity (Wildman–Crippen MR) is 74.3 cm³/mol. The Kier molecular flexibility index (Phi) is 4.74. The fourth-order valence-electron chi connectivity index (χ4n) is 2.41. The lowest BCUT2D eigenvalue weighted by atomic mass is 9.96. The molecule has 0 aromatic carbocycles. The molecule has 0 radical (unpaired) electrons. The largest absolute Gasteiger partial charge is 0.364 e. The summed E-state index contributed by atoms with van der Waals surface area (Å²) in [5, 5.41) is 6.17. The number of nitrogens with one attached hydrogen (secondary N) is 3. The number of aromatic amines is 1. The van der Waals surface area contributed by atoms with Gasteiger partial charge in [0.15, 0.2) is 5.43 Å². The van der Waals surface area contributed by atoms with Gasteiger partial charge in [0, 0.05) is 24.5 Å². The van der Waals surface area contributed by atoms with E-state index in [-0.39, 0.29) is 16.9 Å². The van der Waals surface area contributed by atoms with Crippen molar-refractivity contribution in [3.8, 4) is 0 Å². The molecule has 5 heteroatoms. The number of carbonyl (C=O) groups is 1. The van der Waals surface area contributed by atoms with Crippen molar-refractivity contribution in [2.75, 3.05) is 19.6 Å². The molecule has 1 atom stereocenters. The van der Waals surface area contributed by atoms with E-state index in [1.165, 1.54) is 25.1 Å². The Balaban J connectivity index is 1.82. The van der Waals surface area contributed by atoms with Crippen LogP contribution >= 0.6 is 0 Å². The molecule has 1 aliphatic heterocycles. The van der Waals surface area contributed by atoms with Gasteiger partial charge in [-0.3, -0.25) is 9.59 Å². The van der Waals surface area contributed by atoms with Gasteiger partial charge in [0.1, 0.15) is 5.56 Å². The summed E-state index contributed by atoms with van der Waals surface area (Å²) in [6, 6.07) is 1.44. The Labute approximate surface area is 112 Å². The number of aromatic nitrogens is 1. The molecule has 1 aromatic rings. The van der Waals surface area contributed by atoms with Crippen LogP contribution in [0, 0.1) is 12.8 Å². The van der Waals surface area contributed by atoms with E-state index in [2.05, 4.69) is 15.6 Å². The minimum atomic E-state index is -0.287. The van der Waals surface area contributed by atoms with Gasteiger partial charge < -0.3 is 15.6 Å². The van der Waals surface area contributed by atoms with Crippen LogP contribution in [-0.2, 0) is 0 Å². The first-order valence-electron chi connectivity index (χ1n) is 6.85. The van der Waals surface area contributed by atoms with Crippen molar-refractivity contribution in [2.45, 2.75) is 26.2 Å². The topological polar surface area (TPSA) is 74.0 Å². The third kappa shape index (κ3) is 3.92. The van der Waals surface area contributed by atoms with Crippen LogP contribution in [-0.4, -0.2) is 30.5 Å². The summed E-state index contributed by atoms with van der Waals surface area (Å²) in [5.41, 5.74) is 0.718. The van der Waals surface area contributed by atoms with Crippen LogP contribution < -0.4 is 16.1 Å². The maximum atomic E-state index is 11.9. The molecular weight excluding hydrogens is 242 g/mol. The molecule has 2 rings (SSSR count). The second-order valence-electron chi connectivity index (χ2n) is 5.15. The summed E-state index contributed by atoms with van der Waals surface area (Å²) >= 11 is 0. The first kappa shape index (κ1) is 13.8. The van der Waals surface area contributed by atoms with Gasteiger partial charge in [-0.2, -0.15) is 0 Å². The number of carbonyl (C=O) groups excluding carboxylic acids is 1. The zero-order chi connectivity index (χ0) is 13.7. The van der Waals surface area contributed by atoms with Crippen molar-refractivity contribution in [3.63, 3.8) is 0 Å². The average molecular weight is 263 g/mol. The molecular formula is C14H21N3O2. The molecule has 1 fully saturated rings. The molecule has 1 aliphatic rings. The van der Waals surface area contributed by atoms with Crippen LogP contribution in [0.5, 0.6) is 0 Å². The molecule has 3 N–H and O–H groups in total. The predicted octanol–water partition coefficient (Wildman–Crippen LogP) is 0.803. The smallest absolute Gasteiger partial charge is 0.256 e. The zero-order valence-electron chi connectivity index (χ0n) is 11.3. The van der Waals surface area contributed by atoms with Gasteiger partial charge >= 0.3 is 0 Å². The Hall–Kier alpha value is -1.62. The molecule has 5 nitrogen and oxygen atoms in total. The van der Waals surface area contributed by atoms with E-state index in [9.17, 15) is 9.59 Å². The van der Waals surface area contributed by atoms with Crippen LogP contribution in [0.2, 0.25) is 0 Å². The number of hydrogen-bond acceptors (Lipinski definition) is 3. The molecule has 0 saturated carbocycles. The van der Waals surface area contributed by atoms with Crippen LogP contribution in [0.3, 0.4) is 0 Å². The van der Waals surface area contributed by atoms with Crippen LogP contribution in [0.1, 0.15) is 35.3 Å². The highest BCUT2D eigenvalue weighted by Gasteiger charge is 2.14. The first-order valence-corrected chi connectivity index (χ1v) is 6.85. The van der Waals surface area contributed by atoms with Crippen molar-refractivity contribution in [1.82, 2.24) is 15.6 Å². The number of amides is 1. The number of rotatable bonds is 4. The van der Waals surface area contributed by atoms with Gasteiger partial charge in [-0.25, -0.2) is 0 Å². The molecule has 19 heavy (non-hydrogen) atoms. The number of piperidine rings is 1. The van der Waals surface area contributed by atoms with E-state index >= 15 is 0 Å². The lowest BCUT2D eigenvalue weighted by molar-refractivity contribution is 0.0949. The molecule has 1 unspecified atom stereocenters. The van der Waals surface area contributed by atoms with Crippen molar-refractivity contribution >= 4 is 5.91 Å². The van der Waals surface area contributed by atoms with E-state index in [1.807, 2.05) is 0 Å². The zero-order valence-corrected chi connectivity index (χ0v) is 11.3. The summed E-state index contributed by atoms with van der Waals surface area (Å²) in [6.07, 6.45) is 4.86. The average Bonchev–Trinajstić information content (AvgIpc) is 2.39. The SMILES string of the molecule is Cc1cc(=O)c(C(=O)NCCC2CCCNC2)c[nH]1. The van der Waals surface area contributed by atoms with E-state index < -0.39 is 0 Å². The van der Waals surface area contributed by atoms with Crippen molar-refractivity contribution in [2.24, 2.45) is 5.92 Å². The summed E-state index contributed by atoms with van der Waals surface area (Å²) in [4.78, 5) is 26.4. The minimum absolute atomic E-state index is 0.187. The Morgan fingerprint density at radius 1 is 1.53 bits per heavy atom. The number of aryl methyl sites for hydroxylation is 1. The molecule has 2 heterocycles. The highest BCUT2D eigenvalue weighted by molar-refractivity contribution is 5.93. The maximum absolute atomic E-state index is 11.9. The molecule has 0 bridgehead atoms. The van der Waals surface area contributed by atoms with Gasteiger partial charge in [0.25, 0.3) is 5.91 Å². The van der Waals surface area contributed by atoms with Crippen molar-refractivity contribution in [3.05, 3.63) is 33.7 Å². The minimum Gasteiger partial charge on any atom is -0.364 e. The molecule has 1 aromatic heterocycles. The van der Waals surface area contributed by atoms with E-state index in [0.717, 1.165) is 25.2 Å². The third-order valence-electron chi connectivity index (χ3n) is 3.54. The van der Waals surface area contributed by atoms with E-state index in [0.29, 0.717) is 12.5 Å². The van der Waals surface area contributed by atoms with Crippen LogP contribution in [0.4, 0.5) is 0 Å². The Bertz CT molecular complexity index is 490. The number of H-pyrrole nitrogens is 1. The van der Waals surface area contributed by atoms with Crippen molar-refractivity contribution in [1.29, 1.82) is 0 Å². The van der Waals surface area contributed by atoms with Gasteiger partial charge in [0.2, 0.25) is 0 Å². The third-order valence-corrected chi connectivity index (χ3v) is 3.54. The fourth-order valence-corrected chi connectivity index (χ4v) is 2.41. The standard InChI is InChI=1S/C14H21N3O2/c1-10-7-13(18)12(9-17-10)14(19)16-6-4-11-3-2-5-15-8-11/h7,9,11,15H,2-6,8H2,1H3,(H,16,19)(H,17,18). The molecule has 104 valence electrons. The lowest BCUT2D eigenvalue weighted by Gasteiger charge is -2.22. The van der Waals surface area contributed by atoms with E-state index in [1.54, 1.807) is 6.92 Å². The summed E-state index contributed by atoms with van der Waals surface area (Å²) in [6.45, 7) is 4.54. The van der Waals surface area contributed by atoms with Gasteiger partial charge in [-0.15, -0.1) is 0 Å². The van der Waals surface area contributed by atoms with Crippen molar-refractivity contribution < 1.29 is 4.79 Å². The summed E-state index contributed by atoms with van der Waals surface area (Å²) < 4.78 is 0. The quantitative estimate of drug-likeness (QED) is 0.752. The Morgan fingerprint density at radius 3 is 3.05 bits per heavy atom. The van der Waals surface area contributed by atoms with E-state index in [4.69, 9.17) is 0 Å². The second-order valence-corrected chi connectivity index (χ2v) is 5.15. The maximum Gasteiger partial charge on any atom is 0.256 e. The molecule has 1 saturated heterocycles. The Morgan fingerprint density at radius 2 is 2.37 bits per heavy atom. The first-order chi connectivity index (χ1) is 9.16. The second kappa shape index (κ2) is 6.52. The summed E-state index contributed by atoms with van der Waals surface area (Å²) in [7, 11) is 0. The van der Waals surface area contributed by atoms with Gasteiger partial charge in [-0.1, -0.05) is 0 Å². The number of hydrogen-bond donors (Lipinski definition) is 3. The monoisotopic (exact) mass is 263 g/mol. The highest BCUT2D eigenvalue weighted by Crippen LogP contribution is 2.12. The normalized spacial score (nSPS) is 19.1. The highest BCUT2D eigenvalue weighted by atomic mass is 16.2. The molecule has 1 amide bonds. The van der Waals surface area contributed by atoms with Crippen LogP contribution in [0.25, 0.3) is 0 Å². The molecule has 0 aliphatic carbocycles. The lowest BCUT2D eigenvalue weighted by Crippen LogP contribution is -2.34. The van der Waals surface area contributed by atoms with Crippen LogP contribution in [0.15, 0.2) is 17.1 Å². The fraction of sp³-hybridized carbons (Fsp3) is 0.571. The van der Waals surface area contributed by atoms with Gasteiger partial charge in [-0.05, 0) is 45.2 Å². The van der Waals surface area contributed by atoms with Gasteiger partial charge in [0.05, 0.1) is 0 Å². The number of pyridine rings is 1.